The molecule has 0 atom stereocenters. The Bertz CT molecular complexity index is 1120. The second-order valence-corrected chi connectivity index (χ2v) is 8.05. The van der Waals surface area contributed by atoms with Crippen LogP contribution in [0.2, 0.25) is 0 Å². The number of rotatable bonds is 5. The molecule has 0 aliphatic rings. The zero-order chi connectivity index (χ0) is 18.9. The van der Waals surface area contributed by atoms with Crippen LogP contribution in [0.15, 0.2) is 41.2 Å². The summed E-state index contributed by atoms with van der Waals surface area (Å²) in [7, 11) is -0.110. The second-order valence-electron chi connectivity index (χ2n) is 5.91. The van der Waals surface area contributed by atoms with E-state index in [1.165, 1.54) is 20.5 Å². The van der Waals surface area contributed by atoms with Crippen LogP contribution in [-0.4, -0.2) is 38.9 Å². The third-order valence-electron chi connectivity index (χ3n) is 3.86. The van der Waals surface area contributed by atoms with Crippen LogP contribution < -0.4 is 15.0 Å². The Balaban J connectivity index is 2.10. The SMILES string of the molecule is COc1cc(OC)c2c(=O)[nH]c(-c3ccc(CS(C)(=O)=O)cc3)nc2c1. The zero-order valence-corrected chi connectivity index (χ0v) is 15.4. The van der Waals surface area contributed by atoms with Crippen molar-refractivity contribution >= 4 is 20.7 Å². The number of nitrogens with one attached hydrogen (secondary N) is 1. The molecule has 0 spiro atoms. The fourth-order valence-corrected chi connectivity index (χ4v) is 3.49. The lowest BCUT2D eigenvalue weighted by Crippen LogP contribution is -2.11. The lowest BCUT2D eigenvalue weighted by Gasteiger charge is -2.09. The van der Waals surface area contributed by atoms with E-state index >= 15 is 0 Å². The number of ether oxygens (including phenoxy) is 2. The molecule has 26 heavy (non-hydrogen) atoms. The Morgan fingerprint density at radius 2 is 1.77 bits per heavy atom. The van der Waals surface area contributed by atoms with Crippen LogP contribution in [0.5, 0.6) is 11.5 Å². The number of aromatic nitrogens is 2. The Hall–Kier alpha value is -2.87. The molecule has 0 saturated heterocycles. The fourth-order valence-electron chi connectivity index (χ4n) is 2.69. The summed E-state index contributed by atoms with van der Waals surface area (Å²) in [6.07, 6.45) is 1.18. The average molecular weight is 374 g/mol. The van der Waals surface area contributed by atoms with Gasteiger partial charge in [-0.05, 0) is 5.56 Å². The molecule has 0 saturated carbocycles. The first-order valence-corrected chi connectivity index (χ1v) is 9.80. The Morgan fingerprint density at radius 3 is 2.35 bits per heavy atom. The van der Waals surface area contributed by atoms with Gasteiger partial charge in [0.1, 0.15) is 22.7 Å². The number of sulfone groups is 1. The molecule has 0 radical (unpaired) electrons. The highest BCUT2D eigenvalue weighted by atomic mass is 32.2. The molecule has 0 fully saturated rings. The topological polar surface area (TPSA) is 98.4 Å². The van der Waals surface area contributed by atoms with Gasteiger partial charge < -0.3 is 14.5 Å². The molecule has 3 aromatic rings. The predicted molar refractivity (Wildman–Crippen MR) is 99.5 cm³/mol. The molecule has 1 heterocycles. The van der Waals surface area contributed by atoms with Crippen LogP contribution in [0.4, 0.5) is 0 Å². The van der Waals surface area contributed by atoms with Gasteiger partial charge in [0.25, 0.3) is 5.56 Å². The fraction of sp³-hybridized carbons (Fsp3) is 0.222. The third kappa shape index (κ3) is 3.70. The van der Waals surface area contributed by atoms with E-state index in [-0.39, 0.29) is 11.3 Å². The standard InChI is InChI=1S/C18H18N2O5S/c1-24-13-8-14-16(15(9-13)25-2)18(21)20-17(19-14)12-6-4-11(5-7-12)10-26(3,22)23/h4-9H,10H2,1-3H3,(H,19,20,21). The number of methoxy groups -OCH3 is 2. The van der Waals surface area contributed by atoms with Gasteiger partial charge in [0.2, 0.25) is 0 Å². The normalized spacial score (nSPS) is 11.5. The minimum atomic E-state index is -3.11. The van der Waals surface area contributed by atoms with Crippen molar-refractivity contribution in [3.8, 4) is 22.9 Å². The van der Waals surface area contributed by atoms with E-state index in [4.69, 9.17) is 9.47 Å². The van der Waals surface area contributed by atoms with Crippen LogP contribution in [0.3, 0.4) is 0 Å². The molecule has 0 bridgehead atoms. The maximum absolute atomic E-state index is 12.5. The number of benzene rings is 2. The molecular formula is C18H18N2O5S. The van der Waals surface area contributed by atoms with Crippen molar-refractivity contribution in [2.24, 2.45) is 0 Å². The average Bonchev–Trinajstić information content (AvgIpc) is 2.59. The molecule has 0 amide bonds. The molecule has 136 valence electrons. The summed E-state index contributed by atoms with van der Waals surface area (Å²) < 4.78 is 33.3. The summed E-state index contributed by atoms with van der Waals surface area (Å²) in [6, 6.07) is 10.1. The number of fused-ring (bicyclic) bond motifs is 1. The number of aromatic amines is 1. The van der Waals surface area contributed by atoms with E-state index in [9.17, 15) is 13.2 Å². The quantitative estimate of drug-likeness (QED) is 0.735. The third-order valence-corrected chi connectivity index (χ3v) is 4.72. The van der Waals surface area contributed by atoms with Crippen molar-refractivity contribution in [2.45, 2.75) is 5.75 Å². The first-order valence-electron chi connectivity index (χ1n) is 7.74. The monoisotopic (exact) mass is 374 g/mol. The molecule has 8 heteroatoms. The summed E-state index contributed by atoms with van der Waals surface area (Å²) in [5, 5.41) is 0.339. The number of hydrogen-bond acceptors (Lipinski definition) is 6. The number of H-pyrrole nitrogens is 1. The summed E-state index contributed by atoms with van der Waals surface area (Å²) in [4.78, 5) is 19.7. The van der Waals surface area contributed by atoms with E-state index in [1.807, 2.05) is 0 Å². The van der Waals surface area contributed by atoms with Gasteiger partial charge in [-0.15, -0.1) is 0 Å². The summed E-state index contributed by atoms with van der Waals surface area (Å²) >= 11 is 0. The molecule has 0 unspecified atom stereocenters. The van der Waals surface area contributed by atoms with Gasteiger partial charge >= 0.3 is 0 Å². The van der Waals surface area contributed by atoms with Gasteiger partial charge in [0, 0.05) is 24.0 Å². The van der Waals surface area contributed by atoms with Crippen molar-refractivity contribution in [2.75, 3.05) is 20.5 Å². The Kier molecular flexibility index (Phi) is 4.69. The molecule has 0 aliphatic carbocycles. The maximum atomic E-state index is 12.5. The van der Waals surface area contributed by atoms with Crippen molar-refractivity contribution in [1.82, 2.24) is 9.97 Å². The number of hydrogen-bond donors (Lipinski definition) is 1. The molecule has 2 aromatic carbocycles. The summed E-state index contributed by atoms with van der Waals surface area (Å²) in [5.41, 5.74) is 1.45. The van der Waals surface area contributed by atoms with Gasteiger partial charge in [-0.2, -0.15) is 0 Å². The maximum Gasteiger partial charge on any atom is 0.262 e. The largest absolute Gasteiger partial charge is 0.497 e. The van der Waals surface area contributed by atoms with Crippen molar-refractivity contribution in [3.05, 3.63) is 52.3 Å². The summed E-state index contributed by atoms with van der Waals surface area (Å²) in [5.74, 6) is 1.25. The highest BCUT2D eigenvalue weighted by Crippen LogP contribution is 2.28. The highest BCUT2D eigenvalue weighted by molar-refractivity contribution is 7.89. The first kappa shape index (κ1) is 17.9. The minimum Gasteiger partial charge on any atom is -0.497 e. The number of nitrogens with zero attached hydrogens (tertiary/aromatic N) is 1. The Morgan fingerprint density at radius 1 is 1.08 bits per heavy atom. The Labute approximate surface area is 150 Å². The molecule has 3 rings (SSSR count). The van der Waals surface area contributed by atoms with Crippen molar-refractivity contribution in [1.29, 1.82) is 0 Å². The second kappa shape index (κ2) is 6.80. The van der Waals surface area contributed by atoms with Gasteiger partial charge in [0.05, 0.1) is 25.5 Å². The lowest BCUT2D eigenvalue weighted by molar-refractivity contribution is 0.397. The smallest absolute Gasteiger partial charge is 0.262 e. The van der Waals surface area contributed by atoms with Gasteiger partial charge in [0.15, 0.2) is 9.84 Å². The van der Waals surface area contributed by atoms with Gasteiger partial charge in [-0.1, -0.05) is 24.3 Å². The molecular weight excluding hydrogens is 356 g/mol. The van der Waals surface area contributed by atoms with E-state index in [2.05, 4.69) is 9.97 Å². The molecule has 7 nitrogen and oxygen atoms in total. The zero-order valence-electron chi connectivity index (χ0n) is 14.6. The first-order chi connectivity index (χ1) is 12.3. The minimum absolute atomic E-state index is 0.0383. The van der Waals surface area contributed by atoms with E-state index in [0.29, 0.717) is 39.4 Å². The van der Waals surface area contributed by atoms with Gasteiger partial charge in [-0.3, -0.25) is 4.79 Å². The van der Waals surface area contributed by atoms with E-state index in [0.717, 1.165) is 0 Å². The highest BCUT2D eigenvalue weighted by Gasteiger charge is 2.13. The molecule has 0 aliphatic heterocycles. The van der Waals surface area contributed by atoms with E-state index < -0.39 is 9.84 Å². The summed E-state index contributed by atoms with van der Waals surface area (Å²) in [6.45, 7) is 0. The van der Waals surface area contributed by atoms with Crippen LogP contribution in [-0.2, 0) is 15.6 Å². The molecule has 1 N–H and O–H groups in total. The molecule has 1 aromatic heterocycles. The van der Waals surface area contributed by atoms with Crippen molar-refractivity contribution in [3.63, 3.8) is 0 Å². The van der Waals surface area contributed by atoms with Crippen LogP contribution in [0.1, 0.15) is 5.56 Å². The lowest BCUT2D eigenvalue weighted by atomic mass is 10.1. The van der Waals surface area contributed by atoms with Crippen molar-refractivity contribution < 1.29 is 17.9 Å². The predicted octanol–water partition coefficient (Wildman–Crippen LogP) is 2.15. The van der Waals surface area contributed by atoms with Crippen LogP contribution in [0, 0.1) is 0 Å². The van der Waals surface area contributed by atoms with E-state index in [1.54, 1.807) is 36.4 Å². The van der Waals surface area contributed by atoms with Crippen LogP contribution >= 0.6 is 0 Å². The van der Waals surface area contributed by atoms with Gasteiger partial charge in [-0.25, -0.2) is 13.4 Å². The van der Waals surface area contributed by atoms with Crippen LogP contribution in [0.25, 0.3) is 22.3 Å².